The summed E-state index contributed by atoms with van der Waals surface area (Å²) in [5.41, 5.74) is 0.499. The van der Waals surface area contributed by atoms with Crippen LogP contribution in [0.15, 0.2) is 24.3 Å². The SMILES string of the molecule is COc1cccc(CNC(=O)[C@]2(C)CCCN(C(=O)C3CCCCC3)C2)c1. The predicted octanol–water partition coefficient (Wildman–Crippen LogP) is 3.52. The lowest BCUT2D eigenvalue weighted by Crippen LogP contribution is -2.53. The number of rotatable bonds is 5. The molecule has 1 heterocycles. The molecule has 0 radical (unpaired) electrons. The first-order chi connectivity index (χ1) is 13.0. The van der Waals surface area contributed by atoms with Gasteiger partial charge in [0.25, 0.3) is 0 Å². The lowest BCUT2D eigenvalue weighted by atomic mass is 9.79. The lowest BCUT2D eigenvalue weighted by molar-refractivity contribution is -0.144. The quantitative estimate of drug-likeness (QED) is 0.860. The molecule has 0 unspecified atom stereocenters. The Morgan fingerprint density at radius 1 is 1.22 bits per heavy atom. The Morgan fingerprint density at radius 2 is 2.00 bits per heavy atom. The minimum absolute atomic E-state index is 0.0338. The van der Waals surface area contributed by atoms with E-state index in [1.165, 1.54) is 6.42 Å². The van der Waals surface area contributed by atoms with Crippen molar-refractivity contribution in [3.63, 3.8) is 0 Å². The van der Waals surface area contributed by atoms with Gasteiger partial charge >= 0.3 is 0 Å². The molecule has 0 spiro atoms. The minimum atomic E-state index is -0.512. The van der Waals surface area contributed by atoms with Gasteiger partial charge in [-0.05, 0) is 50.3 Å². The maximum absolute atomic E-state index is 12.9. The van der Waals surface area contributed by atoms with Gasteiger partial charge in [0.05, 0.1) is 12.5 Å². The van der Waals surface area contributed by atoms with E-state index >= 15 is 0 Å². The third-order valence-corrected chi connectivity index (χ3v) is 6.10. The average molecular weight is 373 g/mol. The molecule has 5 heteroatoms. The fourth-order valence-electron chi connectivity index (χ4n) is 4.40. The monoisotopic (exact) mass is 372 g/mol. The first kappa shape index (κ1) is 19.7. The standard InChI is InChI=1S/C22H32N2O3/c1-22(21(26)23-15-17-8-6-11-19(14-17)27-2)12-7-13-24(16-22)20(25)18-9-4-3-5-10-18/h6,8,11,14,18H,3-5,7,9-10,12-13,15-16H2,1-2H3,(H,23,26)/t22-/m1/s1. The van der Waals surface area contributed by atoms with Crippen LogP contribution in [0, 0.1) is 11.3 Å². The Morgan fingerprint density at radius 3 is 2.74 bits per heavy atom. The Balaban J connectivity index is 1.58. The normalized spacial score (nSPS) is 23.7. The Bertz CT molecular complexity index is 669. The minimum Gasteiger partial charge on any atom is -0.497 e. The van der Waals surface area contributed by atoms with Crippen LogP contribution in [0.3, 0.4) is 0 Å². The molecule has 1 aromatic carbocycles. The number of nitrogens with one attached hydrogen (secondary N) is 1. The summed E-state index contributed by atoms with van der Waals surface area (Å²) >= 11 is 0. The van der Waals surface area contributed by atoms with E-state index in [-0.39, 0.29) is 17.7 Å². The van der Waals surface area contributed by atoms with Crippen LogP contribution in [-0.4, -0.2) is 36.9 Å². The number of carbonyl (C=O) groups is 2. The number of likely N-dealkylation sites (tertiary alicyclic amines) is 1. The molecular weight excluding hydrogens is 340 g/mol. The molecule has 1 saturated heterocycles. The zero-order valence-corrected chi connectivity index (χ0v) is 16.6. The van der Waals surface area contributed by atoms with Gasteiger partial charge in [0, 0.05) is 25.6 Å². The van der Waals surface area contributed by atoms with E-state index in [0.29, 0.717) is 13.1 Å². The third kappa shape index (κ3) is 4.82. The molecule has 2 aliphatic rings. The molecule has 2 amide bonds. The molecule has 1 aliphatic heterocycles. The zero-order chi connectivity index (χ0) is 19.3. The van der Waals surface area contributed by atoms with Gasteiger partial charge in [-0.25, -0.2) is 0 Å². The average Bonchev–Trinajstić information content (AvgIpc) is 2.72. The van der Waals surface area contributed by atoms with Crippen molar-refractivity contribution >= 4 is 11.8 Å². The summed E-state index contributed by atoms with van der Waals surface area (Å²) in [6.07, 6.45) is 7.29. The molecule has 27 heavy (non-hydrogen) atoms. The second-order valence-electron chi connectivity index (χ2n) is 8.29. The molecule has 2 fully saturated rings. The molecule has 1 N–H and O–H groups in total. The first-order valence-corrected chi connectivity index (χ1v) is 10.2. The van der Waals surface area contributed by atoms with Crippen molar-refractivity contribution < 1.29 is 14.3 Å². The van der Waals surface area contributed by atoms with Crippen LogP contribution in [0.4, 0.5) is 0 Å². The van der Waals surface area contributed by atoms with Crippen molar-refractivity contribution in [2.75, 3.05) is 20.2 Å². The molecule has 0 aromatic heterocycles. The Hall–Kier alpha value is -2.04. The van der Waals surface area contributed by atoms with E-state index < -0.39 is 5.41 Å². The number of carbonyl (C=O) groups excluding carboxylic acids is 2. The molecule has 3 rings (SSSR count). The number of methoxy groups -OCH3 is 1. The van der Waals surface area contributed by atoms with E-state index in [9.17, 15) is 9.59 Å². The summed E-state index contributed by atoms with van der Waals surface area (Å²) in [5.74, 6) is 1.25. The third-order valence-electron chi connectivity index (χ3n) is 6.10. The molecule has 1 aliphatic carbocycles. The van der Waals surface area contributed by atoms with Crippen LogP contribution in [0.1, 0.15) is 57.4 Å². The van der Waals surface area contributed by atoms with Gasteiger partial charge in [-0.1, -0.05) is 31.4 Å². The number of ether oxygens (including phenoxy) is 1. The van der Waals surface area contributed by atoms with Gasteiger partial charge in [-0.2, -0.15) is 0 Å². The highest BCUT2D eigenvalue weighted by Crippen LogP contribution is 2.33. The van der Waals surface area contributed by atoms with Crippen LogP contribution in [0.5, 0.6) is 5.75 Å². The maximum atomic E-state index is 12.9. The van der Waals surface area contributed by atoms with Gasteiger partial charge in [0.2, 0.25) is 11.8 Å². The zero-order valence-electron chi connectivity index (χ0n) is 16.6. The van der Waals surface area contributed by atoms with Crippen molar-refractivity contribution in [3.8, 4) is 5.75 Å². The summed E-state index contributed by atoms with van der Waals surface area (Å²) in [6.45, 7) is 3.79. The van der Waals surface area contributed by atoms with Gasteiger partial charge in [-0.15, -0.1) is 0 Å². The fraction of sp³-hybridized carbons (Fsp3) is 0.636. The molecule has 1 aromatic rings. The summed E-state index contributed by atoms with van der Waals surface area (Å²) in [4.78, 5) is 27.8. The topological polar surface area (TPSA) is 58.6 Å². The van der Waals surface area contributed by atoms with Crippen molar-refractivity contribution in [2.45, 2.75) is 58.4 Å². The van der Waals surface area contributed by atoms with Crippen molar-refractivity contribution in [1.82, 2.24) is 10.2 Å². The highest BCUT2D eigenvalue weighted by atomic mass is 16.5. The number of hydrogen-bond donors (Lipinski definition) is 1. The Labute approximate surface area is 162 Å². The van der Waals surface area contributed by atoms with Crippen molar-refractivity contribution in [3.05, 3.63) is 29.8 Å². The van der Waals surface area contributed by atoms with Gasteiger partial charge in [0.1, 0.15) is 5.75 Å². The van der Waals surface area contributed by atoms with E-state index in [4.69, 9.17) is 4.74 Å². The maximum Gasteiger partial charge on any atom is 0.227 e. The molecule has 0 bridgehead atoms. The molecular formula is C22H32N2O3. The van der Waals surface area contributed by atoms with Gasteiger partial charge < -0.3 is 15.0 Å². The highest BCUT2D eigenvalue weighted by Gasteiger charge is 2.40. The van der Waals surface area contributed by atoms with Crippen LogP contribution >= 0.6 is 0 Å². The van der Waals surface area contributed by atoms with E-state index in [2.05, 4.69) is 5.32 Å². The van der Waals surface area contributed by atoms with Crippen LogP contribution < -0.4 is 10.1 Å². The Kier molecular flexibility index (Phi) is 6.40. The number of benzene rings is 1. The number of piperidine rings is 1. The van der Waals surface area contributed by atoms with E-state index in [1.807, 2.05) is 36.1 Å². The second kappa shape index (κ2) is 8.77. The summed E-state index contributed by atoms with van der Waals surface area (Å²) in [7, 11) is 1.64. The van der Waals surface area contributed by atoms with Crippen LogP contribution in [-0.2, 0) is 16.1 Å². The van der Waals surface area contributed by atoms with Crippen molar-refractivity contribution in [1.29, 1.82) is 0 Å². The summed E-state index contributed by atoms with van der Waals surface area (Å²) in [5, 5.41) is 3.07. The predicted molar refractivity (Wildman–Crippen MR) is 105 cm³/mol. The fourth-order valence-corrected chi connectivity index (χ4v) is 4.40. The smallest absolute Gasteiger partial charge is 0.227 e. The lowest BCUT2D eigenvalue weighted by Gasteiger charge is -2.41. The first-order valence-electron chi connectivity index (χ1n) is 10.2. The summed E-state index contributed by atoms with van der Waals surface area (Å²) in [6, 6.07) is 7.73. The van der Waals surface area contributed by atoms with Crippen LogP contribution in [0.2, 0.25) is 0 Å². The number of nitrogens with zero attached hydrogens (tertiary/aromatic N) is 1. The molecule has 148 valence electrons. The van der Waals surface area contributed by atoms with Crippen molar-refractivity contribution in [2.24, 2.45) is 11.3 Å². The van der Waals surface area contributed by atoms with Crippen LogP contribution in [0.25, 0.3) is 0 Å². The molecule has 1 saturated carbocycles. The van der Waals surface area contributed by atoms with Gasteiger partial charge in [0.15, 0.2) is 0 Å². The summed E-state index contributed by atoms with van der Waals surface area (Å²) < 4.78 is 5.24. The number of hydrogen-bond acceptors (Lipinski definition) is 3. The van der Waals surface area contributed by atoms with Gasteiger partial charge in [-0.3, -0.25) is 9.59 Å². The second-order valence-corrected chi connectivity index (χ2v) is 8.29. The largest absolute Gasteiger partial charge is 0.497 e. The molecule has 1 atom stereocenters. The van der Waals surface area contributed by atoms with E-state index in [1.54, 1.807) is 7.11 Å². The molecule has 5 nitrogen and oxygen atoms in total. The highest BCUT2D eigenvalue weighted by molar-refractivity contribution is 5.85. The van der Waals surface area contributed by atoms with E-state index in [0.717, 1.165) is 56.4 Å². The number of amides is 2.